The summed E-state index contributed by atoms with van der Waals surface area (Å²) in [4.78, 5) is 0. The predicted octanol–water partition coefficient (Wildman–Crippen LogP) is -2.22. The summed E-state index contributed by atoms with van der Waals surface area (Å²) >= 11 is 0. The molecular weight excluding hydrogens is 160 g/mol. The van der Waals surface area contributed by atoms with Gasteiger partial charge in [-0.05, 0) is 6.42 Å². The van der Waals surface area contributed by atoms with Gasteiger partial charge in [-0.15, -0.1) is 0 Å². The second-order valence-electron chi connectivity index (χ2n) is 3.24. The molecule has 1 saturated carbocycles. The fourth-order valence-corrected chi connectivity index (χ4v) is 1.60. The molecule has 5 unspecified atom stereocenters. The Morgan fingerprint density at radius 3 is 2.25 bits per heavy atom. The molecule has 0 bridgehead atoms. The van der Waals surface area contributed by atoms with Gasteiger partial charge in [0.2, 0.25) is 0 Å². The normalized spacial score (nSPS) is 49.2. The molecule has 0 radical (unpaired) electrons. The van der Waals surface area contributed by atoms with Crippen molar-refractivity contribution in [2.45, 2.75) is 36.8 Å². The molecule has 5 heteroatoms. The molecule has 0 amide bonds. The van der Waals surface area contributed by atoms with Crippen molar-refractivity contribution in [2.24, 2.45) is 11.5 Å². The topological polar surface area (TPSA) is 102 Å². The molecular formula is C7H16N2O3. The lowest BCUT2D eigenvalue weighted by Crippen LogP contribution is -2.61. The van der Waals surface area contributed by atoms with E-state index < -0.39 is 24.4 Å². The van der Waals surface area contributed by atoms with Crippen molar-refractivity contribution in [3.63, 3.8) is 0 Å². The fourth-order valence-electron chi connectivity index (χ4n) is 1.60. The van der Waals surface area contributed by atoms with Crippen molar-refractivity contribution >= 4 is 0 Å². The highest BCUT2D eigenvalue weighted by atomic mass is 16.5. The van der Waals surface area contributed by atoms with Crippen molar-refractivity contribution in [3.05, 3.63) is 0 Å². The summed E-state index contributed by atoms with van der Waals surface area (Å²) in [6.45, 7) is 0. The summed E-state index contributed by atoms with van der Waals surface area (Å²) in [7, 11) is 1.46. The van der Waals surface area contributed by atoms with Gasteiger partial charge in [0.1, 0.15) is 12.2 Å². The summed E-state index contributed by atoms with van der Waals surface area (Å²) in [6, 6.07) is -0.759. The van der Waals surface area contributed by atoms with Crippen LogP contribution < -0.4 is 11.5 Å². The van der Waals surface area contributed by atoms with E-state index in [2.05, 4.69) is 0 Å². The first-order valence-corrected chi connectivity index (χ1v) is 3.98. The molecule has 1 rings (SSSR count). The third kappa shape index (κ3) is 1.60. The zero-order chi connectivity index (χ0) is 9.30. The minimum atomic E-state index is -0.978. The third-order valence-electron chi connectivity index (χ3n) is 2.36. The van der Waals surface area contributed by atoms with Crippen LogP contribution in [0, 0.1) is 0 Å². The zero-order valence-electron chi connectivity index (χ0n) is 7.05. The van der Waals surface area contributed by atoms with Crippen LogP contribution in [0.5, 0.6) is 0 Å². The lowest BCUT2D eigenvalue weighted by atomic mass is 9.85. The van der Waals surface area contributed by atoms with Gasteiger partial charge in [0, 0.05) is 19.2 Å². The molecule has 0 aromatic carbocycles. The smallest absolute Gasteiger partial charge is 0.109 e. The summed E-state index contributed by atoms with van der Waals surface area (Å²) in [5.41, 5.74) is 11.2. The van der Waals surface area contributed by atoms with Crippen LogP contribution in [0.15, 0.2) is 0 Å². The van der Waals surface area contributed by atoms with Gasteiger partial charge in [-0.3, -0.25) is 0 Å². The Morgan fingerprint density at radius 2 is 1.75 bits per heavy atom. The minimum absolute atomic E-state index is 0.302. The van der Waals surface area contributed by atoms with Crippen LogP contribution in [-0.2, 0) is 4.74 Å². The van der Waals surface area contributed by atoms with Crippen LogP contribution >= 0.6 is 0 Å². The van der Waals surface area contributed by atoms with Crippen LogP contribution in [0.1, 0.15) is 6.42 Å². The van der Waals surface area contributed by atoms with E-state index in [1.165, 1.54) is 7.11 Å². The number of methoxy groups -OCH3 is 1. The molecule has 0 saturated heterocycles. The Morgan fingerprint density at radius 1 is 1.17 bits per heavy atom. The molecule has 72 valence electrons. The number of aliphatic hydroxyl groups is 2. The van der Waals surface area contributed by atoms with E-state index in [1.807, 2.05) is 0 Å². The van der Waals surface area contributed by atoms with E-state index in [4.69, 9.17) is 16.2 Å². The SMILES string of the molecule is COC1C(N)CC(N)C(O)C1O. The fraction of sp³-hybridized carbons (Fsp3) is 1.00. The van der Waals surface area contributed by atoms with Gasteiger partial charge in [-0.1, -0.05) is 0 Å². The summed E-state index contributed by atoms with van der Waals surface area (Å²) in [5, 5.41) is 18.8. The highest BCUT2D eigenvalue weighted by Gasteiger charge is 2.40. The maximum Gasteiger partial charge on any atom is 0.109 e. The lowest BCUT2D eigenvalue weighted by molar-refractivity contribution is -0.114. The van der Waals surface area contributed by atoms with Gasteiger partial charge in [0.15, 0.2) is 0 Å². The average molecular weight is 176 g/mol. The van der Waals surface area contributed by atoms with Crippen LogP contribution in [0.2, 0.25) is 0 Å². The molecule has 0 aliphatic heterocycles. The van der Waals surface area contributed by atoms with Crippen LogP contribution in [-0.4, -0.2) is 47.7 Å². The Kier molecular flexibility index (Phi) is 3.03. The zero-order valence-corrected chi connectivity index (χ0v) is 7.05. The van der Waals surface area contributed by atoms with Crippen molar-refractivity contribution in [2.75, 3.05) is 7.11 Å². The van der Waals surface area contributed by atoms with Crippen molar-refractivity contribution < 1.29 is 14.9 Å². The number of rotatable bonds is 1. The molecule has 1 aliphatic carbocycles. The molecule has 12 heavy (non-hydrogen) atoms. The number of aliphatic hydroxyl groups excluding tert-OH is 2. The summed E-state index contributed by atoms with van der Waals surface area (Å²) < 4.78 is 4.94. The monoisotopic (exact) mass is 176 g/mol. The highest BCUT2D eigenvalue weighted by molar-refractivity contribution is 4.97. The Hall–Kier alpha value is -0.200. The highest BCUT2D eigenvalue weighted by Crippen LogP contribution is 2.19. The molecule has 0 spiro atoms. The average Bonchev–Trinajstić information content (AvgIpc) is 2.01. The van der Waals surface area contributed by atoms with Crippen LogP contribution in [0.3, 0.4) is 0 Å². The second-order valence-corrected chi connectivity index (χ2v) is 3.24. The van der Waals surface area contributed by atoms with Gasteiger partial charge in [0.25, 0.3) is 0 Å². The number of ether oxygens (including phenoxy) is 1. The maximum absolute atomic E-state index is 9.44. The minimum Gasteiger partial charge on any atom is -0.389 e. The van der Waals surface area contributed by atoms with Crippen molar-refractivity contribution in [3.8, 4) is 0 Å². The molecule has 1 aliphatic rings. The summed E-state index contributed by atoms with van der Waals surface area (Å²) in [6.07, 6.45) is -1.96. The molecule has 5 nitrogen and oxygen atoms in total. The largest absolute Gasteiger partial charge is 0.389 e. The first kappa shape index (κ1) is 9.88. The van der Waals surface area contributed by atoms with E-state index in [0.717, 1.165) is 0 Å². The van der Waals surface area contributed by atoms with E-state index >= 15 is 0 Å². The van der Waals surface area contributed by atoms with Gasteiger partial charge in [-0.25, -0.2) is 0 Å². The van der Waals surface area contributed by atoms with Gasteiger partial charge in [0.05, 0.1) is 6.10 Å². The van der Waals surface area contributed by atoms with Crippen molar-refractivity contribution in [1.29, 1.82) is 0 Å². The molecule has 0 aromatic heterocycles. The maximum atomic E-state index is 9.44. The van der Waals surface area contributed by atoms with Crippen LogP contribution in [0.25, 0.3) is 0 Å². The summed E-state index contributed by atoms with van der Waals surface area (Å²) in [5.74, 6) is 0. The van der Waals surface area contributed by atoms with Crippen molar-refractivity contribution in [1.82, 2.24) is 0 Å². The lowest BCUT2D eigenvalue weighted by Gasteiger charge is -2.38. The molecule has 0 heterocycles. The molecule has 1 fully saturated rings. The van der Waals surface area contributed by atoms with E-state index in [-0.39, 0.29) is 6.04 Å². The molecule has 6 N–H and O–H groups in total. The quantitative estimate of drug-likeness (QED) is 0.362. The first-order valence-electron chi connectivity index (χ1n) is 3.98. The van der Waals surface area contributed by atoms with E-state index in [0.29, 0.717) is 6.42 Å². The standard InChI is InChI=1S/C7H16N2O3/c1-12-7-4(9)2-3(8)5(10)6(7)11/h3-7,10-11H,2,8-9H2,1H3. The van der Waals surface area contributed by atoms with Gasteiger partial charge in [-0.2, -0.15) is 0 Å². The number of nitrogens with two attached hydrogens (primary N) is 2. The first-order chi connectivity index (χ1) is 5.57. The van der Waals surface area contributed by atoms with E-state index in [1.54, 1.807) is 0 Å². The predicted molar refractivity (Wildman–Crippen MR) is 43.4 cm³/mol. The number of hydrogen-bond donors (Lipinski definition) is 4. The molecule has 0 aromatic rings. The third-order valence-corrected chi connectivity index (χ3v) is 2.36. The van der Waals surface area contributed by atoms with Crippen LogP contribution in [0.4, 0.5) is 0 Å². The van der Waals surface area contributed by atoms with Gasteiger partial charge < -0.3 is 26.4 Å². The Balaban J connectivity index is 2.65. The van der Waals surface area contributed by atoms with Gasteiger partial charge >= 0.3 is 0 Å². The number of hydrogen-bond acceptors (Lipinski definition) is 5. The Bertz CT molecular complexity index is 156. The second kappa shape index (κ2) is 3.68. The Labute approximate surface area is 71.3 Å². The van der Waals surface area contributed by atoms with E-state index in [9.17, 15) is 10.2 Å². The molecule has 5 atom stereocenters.